The zero-order valence-electron chi connectivity index (χ0n) is 12.4. The van der Waals surface area contributed by atoms with Crippen LogP contribution in [0.15, 0.2) is 23.4 Å². The van der Waals surface area contributed by atoms with Gasteiger partial charge in [0.15, 0.2) is 0 Å². The van der Waals surface area contributed by atoms with Crippen molar-refractivity contribution in [3.8, 4) is 0 Å². The second-order valence-corrected chi connectivity index (χ2v) is 6.36. The van der Waals surface area contributed by atoms with Gasteiger partial charge in [0.1, 0.15) is 11.1 Å². The first-order valence-electron chi connectivity index (χ1n) is 6.59. The molecule has 1 amide bonds. The third kappa shape index (κ3) is 5.59. The SMILES string of the molecule is CCSc1ncccc1C(=O)N[C@H](CCSC)C(=O)OC. The number of nitrogens with zero attached hydrogens (tertiary/aromatic N) is 1. The van der Waals surface area contributed by atoms with Crippen LogP contribution in [0.5, 0.6) is 0 Å². The lowest BCUT2D eigenvalue weighted by atomic mass is 10.2. The second-order valence-electron chi connectivity index (χ2n) is 4.12. The Kier molecular flexibility index (Phi) is 8.22. The Bertz CT molecular complexity index is 483. The van der Waals surface area contributed by atoms with Crippen LogP contribution in [0.2, 0.25) is 0 Å². The molecule has 0 saturated carbocycles. The van der Waals surface area contributed by atoms with Crippen molar-refractivity contribution in [2.75, 3.05) is 24.9 Å². The summed E-state index contributed by atoms with van der Waals surface area (Å²) < 4.78 is 4.74. The molecule has 21 heavy (non-hydrogen) atoms. The molecule has 5 nitrogen and oxygen atoms in total. The van der Waals surface area contributed by atoms with E-state index in [4.69, 9.17) is 4.74 Å². The number of hydrogen-bond donors (Lipinski definition) is 1. The fourth-order valence-electron chi connectivity index (χ4n) is 1.68. The lowest BCUT2D eigenvalue weighted by molar-refractivity contribution is -0.142. The van der Waals surface area contributed by atoms with E-state index in [1.807, 2.05) is 13.2 Å². The number of esters is 1. The third-order valence-electron chi connectivity index (χ3n) is 2.70. The lowest BCUT2D eigenvalue weighted by Gasteiger charge is -2.16. The van der Waals surface area contributed by atoms with E-state index in [-0.39, 0.29) is 5.91 Å². The molecule has 7 heteroatoms. The van der Waals surface area contributed by atoms with E-state index in [1.165, 1.54) is 18.9 Å². The van der Waals surface area contributed by atoms with Crippen LogP contribution < -0.4 is 5.32 Å². The van der Waals surface area contributed by atoms with E-state index >= 15 is 0 Å². The Hall–Kier alpha value is -1.21. The first-order valence-corrected chi connectivity index (χ1v) is 8.97. The Morgan fingerprint density at radius 3 is 2.86 bits per heavy atom. The molecule has 0 aliphatic heterocycles. The number of carbonyl (C=O) groups is 2. The molecule has 0 fully saturated rings. The molecule has 0 aliphatic carbocycles. The van der Waals surface area contributed by atoms with Crippen LogP contribution >= 0.6 is 23.5 Å². The average Bonchev–Trinajstić information content (AvgIpc) is 2.51. The number of hydrogen-bond acceptors (Lipinski definition) is 6. The Labute approximate surface area is 133 Å². The minimum absolute atomic E-state index is 0.296. The number of aromatic nitrogens is 1. The summed E-state index contributed by atoms with van der Waals surface area (Å²) >= 11 is 3.11. The monoisotopic (exact) mass is 328 g/mol. The molecule has 1 aromatic heterocycles. The van der Waals surface area contributed by atoms with E-state index in [0.29, 0.717) is 17.0 Å². The van der Waals surface area contributed by atoms with Crippen LogP contribution in [0, 0.1) is 0 Å². The summed E-state index contributed by atoms with van der Waals surface area (Å²) in [5.74, 6) is 0.870. The van der Waals surface area contributed by atoms with Gasteiger partial charge < -0.3 is 10.1 Å². The van der Waals surface area contributed by atoms with E-state index in [1.54, 1.807) is 30.1 Å². The molecule has 1 N–H and O–H groups in total. The number of nitrogens with one attached hydrogen (secondary N) is 1. The first kappa shape index (κ1) is 17.8. The number of carbonyl (C=O) groups excluding carboxylic acids is 2. The average molecular weight is 328 g/mol. The predicted octanol–water partition coefficient (Wildman–Crippen LogP) is 2.22. The fraction of sp³-hybridized carbons (Fsp3) is 0.500. The van der Waals surface area contributed by atoms with Crippen molar-refractivity contribution >= 4 is 35.4 Å². The summed E-state index contributed by atoms with van der Waals surface area (Å²) in [7, 11) is 1.32. The highest BCUT2D eigenvalue weighted by Crippen LogP contribution is 2.19. The summed E-state index contributed by atoms with van der Waals surface area (Å²) in [4.78, 5) is 28.3. The van der Waals surface area contributed by atoms with Crippen molar-refractivity contribution in [2.45, 2.75) is 24.4 Å². The number of ether oxygens (including phenoxy) is 1. The summed E-state index contributed by atoms with van der Waals surface area (Å²) in [5.41, 5.74) is 0.488. The van der Waals surface area contributed by atoms with Crippen LogP contribution in [-0.4, -0.2) is 47.8 Å². The first-order chi connectivity index (χ1) is 10.1. The van der Waals surface area contributed by atoms with Crippen molar-refractivity contribution in [1.29, 1.82) is 0 Å². The van der Waals surface area contributed by atoms with Gasteiger partial charge in [-0.3, -0.25) is 4.79 Å². The van der Waals surface area contributed by atoms with E-state index < -0.39 is 12.0 Å². The number of thioether (sulfide) groups is 2. The third-order valence-corrected chi connectivity index (χ3v) is 4.23. The van der Waals surface area contributed by atoms with Crippen LogP contribution in [0.1, 0.15) is 23.7 Å². The minimum Gasteiger partial charge on any atom is -0.467 e. The molecule has 0 aliphatic rings. The van der Waals surface area contributed by atoms with Gasteiger partial charge >= 0.3 is 5.97 Å². The van der Waals surface area contributed by atoms with Crippen molar-refractivity contribution in [3.63, 3.8) is 0 Å². The van der Waals surface area contributed by atoms with Gasteiger partial charge in [0.05, 0.1) is 12.7 Å². The summed E-state index contributed by atoms with van der Waals surface area (Å²) in [6.07, 6.45) is 4.14. The fourth-order valence-corrected chi connectivity index (χ4v) is 2.87. The van der Waals surface area contributed by atoms with Crippen LogP contribution in [0.3, 0.4) is 0 Å². The Balaban J connectivity index is 2.83. The summed E-state index contributed by atoms with van der Waals surface area (Å²) in [6, 6.07) is 2.79. The molecular weight excluding hydrogens is 308 g/mol. The highest BCUT2D eigenvalue weighted by atomic mass is 32.2. The molecule has 0 aromatic carbocycles. The van der Waals surface area contributed by atoms with Gasteiger partial charge in [-0.05, 0) is 36.3 Å². The number of pyridine rings is 1. The summed E-state index contributed by atoms with van der Waals surface area (Å²) in [6.45, 7) is 2.00. The molecular formula is C14H20N2O3S2. The van der Waals surface area contributed by atoms with Gasteiger partial charge in [0.25, 0.3) is 5.91 Å². The van der Waals surface area contributed by atoms with Crippen molar-refractivity contribution in [1.82, 2.24) is 10.3 Å². The normalized spacial score (nSPS) is 11.8. The second kappa shape index (κ2) is 9.68. The van der Waals surface area contributed by atoms with Crippen molar-refractivity contribution in [3.05, 3.63) is 23.9 Å². The van der Waals surface area contributed by atoms with Crippen LogP contribution in [0.25, 0.3) is 0 Å². The van der Waals surface area contributed by atoms with E-state index in [2.05, 4.69) is 10.3 Å². The van der Waals surface area contributed by atoms with Gasteiger partial charge in [-0.2, -0.15) is 11.8 Å². The van der Waals surface area contributed by atoms with Gasteiger partial charge in [0.2, 0.25) is 0 Å². The van der Waals surface area contributed by atoms with Crippen LogP contribution in [0.4, 0.5) is 0 Å². The molecule has 0 spiro atoms. The standard InChI is InChI=1S/C14H20N2O3S2/c1-4-21-13-10(6-5-8-15-13)12(17)16-11(7-9-20-3)14(18)19-2/h5-6,8,11H,4,7,9H2,1-3H3,(H,16,17)/t11-/m1/s1. The minimum atomic E-state index is -0.630. The highest BCUT2D eigenvalue weighted by molar-refractivity contribution is 7.99. The molecule has 1 heterocycles. The Morgan fingerprint density at radius 1 is 1.48 bits per heavy atom. The van der Waals surface area contributed by atoms with Gasteiger partial charge in [-0.15, -0.1) is 11.8 Å². The maximum absolute atomic E-state index is 12.4. The molecule has 0 bridgehead atoms. The van der Waals surface area contributed by atoms with Crippen molar-refractivity contribution < 1.29 is 14.3 Å². The van der Waals surface area contributed by atoms with Gasteiger partial charge in [-0.25, -0.2) is 9.78 Å². The van der Waals surface area contributed by atoms with Crippen LogP contribution in [-0.2, 0) is 9.53 Å². The summed E-state index contributed by atoms with van der Waals surface area (Å²) in [5, 5.41) is 3.41. The van der Waals surface area contributed by atoms with Gasteiger partial charge in [-0.1, -0.05) is 6.92 Å². The van der Waals surface area contributed by atoms with E-state index in [0.717, 1.165) is 11.5 Å². The van der Waals surface area contributed by atoms with E-state index in [9.17, 15) is 9.59 Å². The molecule has 0 unspecified atom stereocenters. The molecule has 1 rings (SSSR count). The number of amides is 1. The molecule has 116 valence electrons. The smallest absolute Gasteiger partial charge is 0.328 e. The van der Waals surface area contributed by atoms with Crippen molar-refractivity contribution in [2.24, 2.45) is 0 Å². The molecule has 0 saturated heterocycles. The largest absolute Gasteiger partial charge is 0.467 e. The molecule has 1 aromatic rings. The lowest BCUT2D eigenvalue weighted by Crippen LogP contribution is -2.42. The maximum atomic E-state index is 12.4. The predicted molar refractivity (Wildman–Crippen MR) is 86.9 cm³/mol. The molecule has 1 atom stereocenters. The quantitative estimate of drug-likeness (QED) is 0.583. The Morgan fingerprint density at radius 2 is 2.24 bits per heavy atom. The number of methoxy groups -OCH3 is 1. The highest BCUT2D eigenvalue weighted by Gasteiger charge is 2.23. The zero-order valence-corrected chi connectivity index (χ0v) is 14.1. The molecule has 0 radical (unpaired) electrons. The topological polar surface area (TPSA) is 68.3 Å². The maximum Gasteiger partial charge on any atom is 0.328 e. The number of rotatable bonds is 8. The van der Waals surface area contributed by atoms with Gasteiger partial charge in [0, 0.05) is 6.20 Å². The zero-order chi connectivity index (χ0) is 15.7.